The third-order valence-corrected chi connectivity index (χ3v) is 2.90. The fourth-order valence-corrected chi connectivity index (χ4v) is 1.70. The number of hydrogen-bond acceptors (Lipinski definition) is 3. The van der Waals surface area contributed by atoms with Gasteiger partial charge >= 0.3 is 5.97 Å². The van der Waals surface area contributed by atoms with Gasteiger partial charge in [0, 0.05) is 12.8 Å². The number of nitrogens with zero attached hydrogens (tertiary/aromatic N) is 1. The van der Waals surface area contributed by atoms with Crippen molar-refractivity contribution >= 4 is 11.8 Å². The maximum absolute atomic E-state index is 11.1. The Hall–Kier alpha value is -2.04. The lowest BCUT2D eigenvalue weighted by molar-refractivity contribution is -0.150. The standard InChI is InChI=1S/C15H22N2O3/c1-2-3-9-14(16)17-20-13(15(18)19)11-10-12-7-5-4-6-8-12/h4-8,13H,2-3,9-11H2,1H3,(H2,16,17)(H,18,19). The Morgan fingerprint density at radius 1 is 1.40 bits per heavy atom. The van der Waals surface area contributed by atoms with Gasteiger partial charge in [-0.05, 0) is 18.4 Å². The van der Waals surface area contributed by atoms with Crippen LogP contribution in [0.3, 0.4) is 0 Å². The average molecular weight is 278 g/mol. The first-order valence-corrected chi connectivity index (χ1v) is 6.88. The lowest BCUT2D eigenvalue weighted by Gasteiger charge is -2.11. The summed E-state index contributed by atoms with van der Waals surface area (Å²) in [5.41, 5.74) is 6.72. The highest BCUT2D eigenvalue weighted by atomic mass is 16.6. The number of amidine groups is 1. The minimum Gasteiger partial charge on any atom is -0.478 e. The number of unbranched alkanes of at least 4 members (excludes halogenated alkanes) is 1. The predicted octanol–water partition coefficient (Wildman–Crippen LogP) is 2.55. The van der Waals surface area contributed by atoms with Crippen molar-refractivity contribution in [3.63, 3.8) is 0 Å². The highest BCUT2D eigenvalue weighted by Gasteiger charge is 2.19. The van der Waals surface area contributed by atoms with Crippen molar-refractivity contribution in [2.45, 2.75) is 45.1 Å². The number of nitrogens with two attached hydrogens (primary N) is 1. The van der Waals surface area contributed by atoms with Gasteiger partial charge < -0.3 is 15.7 Å². The summed E-state index contributed by atoms with van der Waals surface area (Å²) in [7, 11) is 0. The largest absolute Gasteiger partial charge is 0.478 e. The van der Waals surface area contributed by atoms with E-state index in [1.807, 2.05) is 37.3 Å². The zero-order chi connectivity index (χ0) is 14.8. The van der Waals surface area contributed by atoms with E-state index in [4.69, 9.17) is 15.7 Å². The van der Waals surface area contributed by atoms with Crippen LogP contribution in [0, 0.1) is 0 Å². The Balaban J connectivity index is 2.46. The molecule has 1 atom stereocenters. The Labute approximate surface area is 119 Å². The third-order valence-electron chi connectivity index (χ3n) is 2.90. The smallest absolute Gasteiger partial charge is 0.347 e. The molecule has 0 fully saturated rings. The van der Waals surface area contributed by atoms with Crippen molar-refractivity contribution in [3.8, 4) is 0 Å². The molecule has 1 unspecified atom stereocenters. The van der Waals surface area contributed by atoms with Crippen LogP contribution >= 0.6 is 0 Å². The van der Waals surface area contributed by atoms with E-state index in [0.717, 1.165) is 18.4 Å². The zero-order valence-corrected chi connectivity index (χ0v) is 11.8. The second-order valence-corrected chi connectivity index (χ2v) is 4.64. The summed E-state index contributed by atoms with van der Waals surface area (Å²) in [6.07, 6.45) is 2.58. The molecule has 0 amide bonds. The first-order valence-electron chi connectivity index (χ1n) is 6.88. The first-order chi connectivity index (χ1) is 9.63. The van der Waals surface area contributed by atoms with Crippen LogP contribution in [0.2, 0.25) is 0 Å². The summed E-state index contributed by atoms with van der Waals surface area (Å²) < 4.78 is 0. The van der Waals surface area contributed by atoms with Crippen LogP contribution < -0.4 is 5.73 Å². The molecule has 110 valence electrons. The van der Waals surface area contributed by atoms with Crippen LogP contribution in [-0.2, 0) is 16.1 Å². The lowest BCUT2D eigenvalue weighted by Crippen LogP contribution is -2.24. The van der Waals surface area contributed by atoms with E-state index in [9.17, 15) is 4.79 Å². The van der Waals surface area contributed by atoms with Crippen LogP contribution in [-0.4, -0.2) is 23.0 Å². The van der Waals surface area contributed by atoms with Gasteiger partial charge in [0.25, 0.3) is 0 Å². The molecule has 0 saturated heterocycles. The van der Waals surface area contributed by atoms with Gasteiger partial charge in [0.05, 0.1) is 0 Å². The van der Waals surface area contributed by atoms with Crippen molar-refractivity contribution in [3.05, 3.63) is 35.9 Å². The van der Waals surface area contributed by atoms with Gasteiger partial charge in [-0.3, -0.25) is 0 Å². The molecule has 5 heteroatoms. The summed E-state index contributed by atoms with van der Waals surface area (Å²) in [6, 6.07) is 9.68. The minimum absolute atomic E-state index is 0.345. The molecule has 0 saturated carbocycles. The quantitative estimate of drug-likeness (QED) is 0.413. The Morgan fingerprint density at radius 2 is 2.10 bits per heavy atom. The van der Waals surface area contributed by atoms with Crippen LogP contribution in [0.15, 0.2) is 35.5 Å². The number of carbonyl (C=O) groups is 1. The number of oxime groups is 1. The monoisotopic (exact) mass is 278 g/mol. The van der Waals surface area contributed by atoms with Gasteiger partial charge in [0.1, 0.15) is 5.84 Å². The Bertz CT molecular complexity index is 432. The molecule has 0 heterocycles. The number of aliphatic carboxylic acids is 1. The van der Waals surface area contributed by atoms with Crippen molar-refractivity contribution in [2.24, 2.45) is 10.9 Å². The number of carboxylic acids is 1. The van der Waals surface area contributed by atoms with Crippen molar-refractivity contribution in [1.29, 1.82) is 0 Å². The summed E-state index contributed by atoms with van der Waals surface area (Å²) in [5, 5.41) is 12.8. The van der Waals surface area contributed by atoms with E-state index in [1.54, 1.807) is 0 Å². The molecule has 0 radical (unpaired) electrons. The van der Waals surface area contributed by atoms with E-state index in [-0.39, 0.29) is 0 Å². The molecular weight excluding hydrogens is 256 g/mol. The van der Waals surface area contributed by atoms with E-state index in [0.29, 0.717) is 25.1 Å². The molecule has 3 N–H and O–H groups in total. The molecule has 1 aromatic rings. The second-order valence-electron chi connectivity index (χ2n) is 4.64. The molecule has 1 aromatic carbocycles. The number of carboxylic acid groups (broad SMARTS) is 1. The summed E-state index contributed by atoms with van der Waals surface area (Å²) >= 11 is 0. The van der Waals surface area contributed by atoms with Crippen LogP contribution in [0.5, 0.6) is 0 Å². The molecule has 5 nitrogen and oxygen atoms in total. The van der Waals surface area contributed by atoms with Gasteiger partial charge in [-0.25, -0.2) is 4.79 Å². The molecule has 20 heavy (non-hydrogen) atoms. The predicted molar refractivity (Wildman–Crippen MR) is 78.4 cm³/mol. The third kappa shape index (κ3) is 6.22. The van der Waals surface area contributed by atoms with E-state index >= 15 is 0 Å². The van der Waals surface area contributed by atoms with Crippen molar-refractivity contribution in [2.75, 3.05) is 0 Å². The fraction of sp³-hybridized carbons (Fsp3) is 0.467. The number of hydrogen-bond donors (Lipinski definition) is 2. The van der Waals surface area contributed by atoms with Crippen molar-refractivity contribution in [1.82, 2.24) is 0 Å². The molecule has 1 rings (SSSR count). The lowest BCUT2D eigenvalue weighted by atomic mass is 10.1. The molecular formula is C15H22N2O3. The van der Waals surface area contributed by atoms with Crippen LogP contribution in [0.25, 0.3) is 0 Å². The van der Waals surface area contributed by atoms with E-state index in [1.165, 1.54) is 0 Å². The van der Waals surface area contributed by atoms with E-state index in [2.05, 4.69) is 5.16 Å². The summed E-state index contributed by atoms with van der Waals surface area (Å²) in [5.74, 6) is -0.675. The highest BCUT2D eigenvalue weighted by molar-refractivity contribution is 5.79. The molecule has 0 spiro atoms. The molecule has 0 aliphatic carbocycles. The summed E-state index contributed by atoms with van der Waals surface area (Å²) in [6.45, 7) is 2.05. The van der Waals surface area contributed by atoms with Crippen LogP contribution in [0.1, 0.15) is 38.2 Å². The topological polar surface area (TPSA) is 84.9 Å². The molecule has 0 aromatic heterocycles. The minimum atomic E-state index is -1.02. The average Bonchev–Trinajstić information content (AvgIpc) is 2.45. The normalized spacial score (nSPS) is 12.9. The van der Waals surface area contributed by atoms with Crippen molar-refractivity contribution < 1.29 is 14.7 Å². The van der Waals surface area contributed by atoms with E-state index < -0.39 is 12.1 Å². The molecule has 0 aliphatic rings. The van der Waals surface area contributed by atoms with Gasteiger partial charge in [-0.15, -0.1) is 0 Å². The van der Waals surface area contributed by atoms with Gasteiger partial charge in [0.15, 0.2) is 0 Å². The van der Waals surface area contributed by atoms with Gasteiger partial charge in [-0.2, -0.15) is 0 Å². The highest BCUT2D eigenvalue weighted by Crippen LogP contribution is 2.08. The number of benzene rings is 1. The molecule has 0 bridgehead atoms. The summed E-state index contributed by atoms with van der Waals surface area (Å²) in [4.78, 5) is 16.2. The van der Waals surface area contributed by atoms with Gasteiger partial charge in [0.2, 0.25) is 6.10 Å². The fourth-order valence-electron chi connectivity index (χ4n) is 1.70. The molecule has 0 aliphatic heterocycles. The first kappa shape index (κ1) is 16.0. The Kier molecular flexibility index (Phi) is 7.17. The number of aryl methyl sites for hydroxylation is 1. The maximum atomic E-state index is 11.1. The zero-order valence-electron chi connectivity index (χ0n) is 11.8. The second kappa shape index (κ2) is 8.96. The SMILES string of the molecule is CCCCC(N)=NOC(CCc1ccccc1)C(=O)O. The van der Waals surface area contributed by atoms with Gasteiger partial charge in [-0.1, -0.05) is 48.8 Å². The maximum Gasteiger partial charge on any atom is 0.347 e. The number of rotatable bonds is 9. The van der Waals surface area contributed by atoms with Crippen LogP contribution in [0.4, 0.5) is 0 Å². The Morgan fingerprint density at radius 3 is 2.70 bits per heavy atom.